The molecule has 1 atom stereocenters. The summed E-state index contributed by atoms with van der Waals surface area (Å²) in [4.78, 5) is 28.2. The molecule has 2 amide bonds. The number of piperazine rings is 1. The van der Waals surface area contributed by atoms with E-state index in [0.29, 0.717) is 25.2 Å². The Kier molecular flexibility index (Phi) is 5.18. The SMILES string of the molecule is C#Cc1ccc(C(=O)N2CCN(C(=O)OC(C)(C)C)C(C)C2)cc1. The van der Waals surface area contributed by atoms with Gasteiger partial charge < -0.3 is 14.5 Å². The molecule has 1 aromatic carbocycles. The number of ether oxygens (including phenoxy) is 1. The first-order chi connectivity index (χ1) is 11.2. The van der Waals surface area contributed by atoms with Gasteiger partial charge in [0.05, 0.1) is 0 Å². The van der Waals surface area contributed by atoms with Gasteiger partial charge in [0.25, 0.3) is 5.91 Å². The molecular formula is C19H24N2O3. The van der Waals surface area contributed by atoms with E-state index in [9.17, 15) is 9.59 Å². The van der Waals surface area contributed by atoms with Crippen molar-refractivity contribution in [2.75, 3.05) is 19.6 Å². The second-order valence-electron chi connectivity index (χ2n) is 7.00. The normalized spacial score (nSPS) is 18.0. The molecule has 1 aliphatic rings. The molecule has 0 aromatic heterocycles. The number of hydrogen-bond acceptors (Lipinski definition) is 3. The van der Waals surface area contributed by atoms with Crippen LogP contribution in [0.15, 0.2) is 24.3 Å². The molecule has 1 aliphatic heterocycles. The van der Waals surface area contributed by atoms with Gasteiger partial charge in [-0.05, 0) is 52.0 Å². The maximum absolute atomic E-state index is 12.6. The monoisotopic (exact) mass is 328 g/mol. The summed E-state index contributed by atoms with van der Waals surface area (Å²) in [6.07, 6.45) is 5.00. The van der Waals surface area contributed by atoms with E-state index < -0.39 is 5.60 Å². The van der Waals surface area contributed by atoms with Gasteiger partial charge >= 0.3 is 6.09 Å². The molecule has 0 radical (unpaired) electrons. The molecular weight excluding hydrogens is 304 g/mol. The van der Waals surface area contributed by atoms with Crippen LogP contribution >= 0.6 is 0 Å². The van der Waals surface area contributed by atoms with Crippen LogP contribution in [-0.2, 0) is 4.74 Å². The lowest BCUT2D eigenvalue weighted by Gasteiger charge is -2.40. The van der Waals surface area contributed by atoms with E-state index in [1.54, 1.807) is 34.1 Å². The lowest BCUT2D eigenvalue weighted by atomic mass is 10.1. The van der Waals surface area contributed by atoms with Crippen LogP contribution in [0, 0.1) is 12.3 Å². The molecule has 128 valence electrons. The smallest absolute Gasteiger partial charge is 0.410 e. The van der Waals surface area contributed by atoms with Crippen molar-refractivity contribution in [2.45, 2.75) is 39.3 Å². The van der Waals surface area contributed by atoms with Gasteiger partial charge in [0.15, 0.2) is 0 Å². The van der Waals surface area contributed by atoms with E-state index in [2.05, 4.69) is 5.92 Å². The number of benzene rings is 1. The number of amides is 2. The fourth-order valence-electron chi connectivity index (χ4n) is 2.63. The molecule has 1 heterocycles. The van der Waals surface area contributed by atoms with Crippen molar-refractivity contribution >= 4 is 12.0 Å². The fraction of sp³-hybridized carbons (Fsp3) is 0.474. The third-order valence-electron chi connectivity index (χ3n) is 3.84. The van der Waals surface area contributed by atoms with E-state index in [-0.39, 0.29) is 18.0 Å². The van der Waals surface area contributed by atoms with Crippen molar-refractivity contribution in [3.8, 4) is 12.3 Å². The topological polar surface area (TPSA) is 49.9 Å². The number of carbonyl (C=O) groups is 2. The first kappa shape index (κ1) is 17.9. The molecule has 24 heavy (non-hydrogen) atoms. The van der Waals surface area contributed by atoms with Crippen LogP contribution in [0.4, 0.5) is 4.79 Å². The average molecular weight is 328 g/mol. The Morgan fingerprint density at radius 2 is 1.83 bits per heavy atom. The highest BCUT2D eigenvalue weighted by atomic mass is 16.6. The van der Waals surface area contributed by atoms with E-state index >= 15 is 0 Å². The summed E-state index contributed by atoms with van der Waals surface area (Å²) in [6, 6.07) is 6.90. The first-order valence-electron chi connectivity index (χ1n) is 8.07. The highest BCUT2D eigenvalue weighted by Crippen LogP contribution is 2.17. The molecule has 1 unspecified atom stereocenters. The highest BCUT2D eigenvalue weighted by molar-refractivity contribution is 5.94. The Morgan fingerprint density at radius 1 is 1.21 bits per heavy atom. The van der Waals surface area contributed by atoms with Crippen molar-refractivity contribution in [2.24, 2.45) is 0 Å². The van der Waals surface area contributed by atoms with Crippen molar-refractivity contribution in [1.82, 2.24) is 9.80 Å². The maximum atomic E-state index is 12.6. The molecule has 0 aliphatic carbocycles. The standard InChI is InChI=1S/C19H24N2O3/c1-6-15-7-9-16(10-8-15)17(22)20-11-12-21(14(2)13-20)18(23)24-19(3,4)5/h1,7-10,14H,11-13H2,2-5H3. The molecule has 1 fully saturated rings. The zero-order chi connectivity index (χ0) is 17.9. The lowest BCUT2D eigenvalue weighted by molar-refractivity contribution is 0.00198. The quantitative estimate of drug-likeness (QED) is 0.745. The van der Waals surface area contributed by atoms with Gasteiger partial charge in [-0.3, -0.25) is 4.79 Å². The Bertz CT molecular complexity index is 653. The summed E-state index contributed by atoms with van der Waals surface area (Å²) in [5, 5.41) is 0. The van der Waals surface area contributed by atoms with Gasteiger partial charge in [0.1, 0.15) is 5.60 Å². The number of nitrogens with zero attached hydrogens (tertiary/aromatic N) is 2. The van der Waals surface area contributed by atoms with Crippen LogP contribution in [0.1, 0.15) is 43.6 Å². The maximum Gasteiger partial charge on any atom is 0.410 e. The molecule has 1 aromatic rings. The summed E-state index contributed by atoms with van der Waals surface area (Å²) in [5.41, 5.74) is 0.823. The van der Waals surface area contributed by atoms with Crippen LogP contribution in [-0.4, -0.2) is 53.1 Å². The highest BCUT2D eigenvalue weighted by Gasteiger charge is 2.32. The Morgan fingerprint density at radius 3 is 2.33 bits per heavy atom. The predicted octanol–water partition coefficient (Wildman–Crippen LogP) is 2.75. The van der Waals surface area contributed by atoms with Crippen LogP contribution in [0.5, 0.6) is 0 Å². The predicted molar refractivity (Wildman–Crippen MR) is 92.7 cm³/mol. The number of rotatable bonds is 1. The Labute approximate surface area is 143 Å². The number of terminal acetylenes is 1. The van der Waals surface area contributed by atoms with Crippen LogP contribution in [0.25, 0.3) is 0 Å². The fourth-order valence-corrected chi connectivity index (χ4v) is 2.63. The second-order valence-corrected chi connectivity index (χ2v) is 7.00. The molecule has 1 saturated heterocycles. The molecule has 0 bridgehead atoms. The van der Waals surface area contributed by atoms with Gasteiger partial charge in [-0.1, -0.05) is 5.92 Å². The molecule has 0 saturated carbocycles. The average Bonchev–Trinajstić information content (AvgIpc) is 2.52. The number of hydrogen-bond donors (Lipinski definition) is 0. The van der Waals surface area contributed by atoms with Crippen molar-refractivity contribution in [1.29, 1.82) is 0 Å². The van der Waals surface area contributed by atoms with Crippen LogP contribution < -0.4 is 0 Å². The van der Waals surface area contributed by atoms with Crippen LogP contribution in [0.2, 0.25) is 0 Å². The van der Waals surface area contributed by atoms with Crippen molar-refractivity contribution in [3.63, 3.8) is 0 Å². The minimum atomic E-state index is -0.525. The van der Waals surface area contributed by atoms with Crippen molar-refractivity contribution < 1.29 is 14.3 Å². The summed E-state index contributed by atoms with van der Waals surface area (Å²) in [6.45, 7) is 8.88. The van der Waals surface area contributed by atoms with Gasteiger partial charge in [-0.2, -0.15) is 0 Å². The Balaban J connectivity index is 2.00. The summed E-state index contributed by atoms with van der Waals surface area (Å²) in [5.74, 6) is 2.49. The molecule has 0 spiro atoms. The molecule has 5 heteroatoms. The third-order valence-corrected chi connectivity index (χ3v) is 3.84. The van der Waals surface area contributed by atoms with E-state index in [4.69, 9.17) is 11.2 Å². The first-order valence-corrected chi connectivity index (χ1v) is 8.07. The van der Waals surface area contributed by atoms with Gasteiger partial charge in [0.2, 0.25) is 0 Å². The second kappa shape index (κ2) is 6.96. The molecule has 0 N–H and O–H groups in total. The number of carbonyl (C=O) groups excluding carboxylic acids is 2. The van der Waals surface area contributed by atoms with Crippen molar-refractivity contribution in [3.05, 3.63) is 35.4 Å². The van der Waals surface area contributed by atoms with Gasteiger partial charge in [-0.25, -0.2) is 4.79 Å². The minimum Gasteiger partial charge on any atom is -0.444 e. The summed E-state index contributed by atoms with van der Waals surface area (Å²) < 4.78 is 5.42. The summed E-state index contributed by atoms with van der Waals surface area (Å²) in [7, 11) is 0. The zero-order valence-corrected chi connectivity index (χ0v) is 14.7. The van der Waals surface area contributed by atoms with Gasteiger partial charge in [0, 0.05) is 36.8 Å². The van der Waals surface area contributed by atoms with E-state index in [0.717, 1.165) is 5.56 Å². The van der Waals surface area contributed by atoms with E-state index in [1.807, 2.05) is 27.7 Å². The Hall–Kier alpha value is -2.48. The minimum absolute atomic E-state index is 0.0470. The summed E-state index contributed by atoms with van der Waals surface area (Å²) >= 11 is 0. The lowest BCUT2D eigenvalue weighted by Crippen LogP contribution is -2.56. The zero-order valence-electron chi connectivity index (χ0n) is 14.7. The molecule has 5 nitrogen and oxygen atoms in total. The largest absolute Gasteiger partial charge is 0.444 e. The van der Waals surface area contributed by atoms with Crippen LogP contribution in [0.3, 0.4) is 0 Å². The van der Waals surface area contributed by atoms with E-state index in [1.165, 1.54) is 0 Å². The third kappa shape index (κ3) is 4.29. The molecule has 2 rings (SSSR count). The van der Waals surface area contributed by atoms with Gasteiger partial charge in [-0.15, -0.1) is 6.42 Å².